The van der Waals surface area contributed by atoms with E-state index in [9.17, 15) is 0 Å². The van der Waals surface area contributed by atoms with E-state index < -0.39 is 46.6 Å². The van der Waals surface area contributed by atoms with Crippen LogP contribution >= 0.6 is 15.8 Å². The van der Waals surface area contributed by atoms with Gasteiger partial charge in [-0.05, 0) is 0 Å². The van der Waals surface area contributed by atoms with Gasteiger partial charge in [-0.25, -0.2) is 0 Å². The molecule has 10 heterocycles. The van der Waals surface area contributed by atoms with Crippen LogP contribution in [-0.2, 0) is 6.51 Å². The minimum absolute atomic E-state index is 0.117. The molecule has 0 aliphatic carbocycles. The second-order valence-corrected chi connectivity index (χ2v) is 78.4. The van der Waals surface area contributed by atoms with Gasteiger partial charge in [0.15, 0.2) is 0 Å². The Kier molecular flexibility index (Phi) is 7.81. The molecule has 1 spiro atoms. The predicted molar refractivity (Wildman–Crippen MR) is 387 cm³/mol. The molecular weight excluding hydrogens is 1190 g/mol. The third-order valence-corrected chi connectivity index (χ3v) is 117. The van der Waals surface area contributed by atoms with Gasteiger partial charge in [-0.1, -0.05) is 0 Å². The van der Waals surface area contributed by atoms with Crippen LogP contribution < -0.4 is 46.7 Å². The van der Waals surface area contributed by atoms with E-state index >= 15 is 0 Å². The van der Waals surface area contributed by atoms with Gasteiger partial charge in [0, 0.05) is 0 Å². The Balaban J connectivity index is 1.15. The van der Waals surface area contributed by atoms with Gasteiger partial charge in [-0.15, -0.1) is 0 Å². The van der Waals surface area contributed by atoms with Gasteiger partial charge in [0.2, 0.25) is 0 Å². The predicted octanol–water partition coefficient (Wildman–Crippen LogP) is 16.5. The fourth-order valence-corrected chi connectivity index (χ4v) is 200. The third kappa shape index (κ3) is 2.56. The first-order valence-corrected chi connectivity index (χ1v) is 48.2. The van der Waals surface area contributed by atoms with Gasteiger partial charge in [0.1, 0.15) is 0 Å². The van der Waals surface area contributed by atoms with Gasteiger partial charge >= 0.3 is 527 Å². The first kappa shape index (κ1) is 54.7. The topological polar surface area (TPSA) is 0 Å². The zero-order chi connectivity index (χ0) is 60.8. The summed E-state index contributed by atoms with van der Waals surface area (Å²) in [5.41, 5.74) is 0. The van der Waals surface area contributed by atoms with Crippen molar-refractivity contribution in [2.45, 2.75) is 148 Å². The zero-order valence-corrected chi connectivity index (χ0v) is 59.9. The van der Waals surface area contributed by atoms with Crippen molar-refractivity contribution in [3.8, 4) is 0 Å². The van der Waals surface area contributed by atoms with Crippen LogP contribution in [0.5, 0.6) is 0 Å². The molecule has 9 aromatic carbocycles. The Morgan fingerprint density at radius 3 is 0.636 bits per heavy atom. The Morgan fingerprint density at radius 1 is 0.284 bits per heavy atom. The van der Waals surface area contributed by atoms with Crippen LogP contribution in [0.4, 0.5) is 0 Å². The molecule has 0 nitrogen and oxygen atoms in total. The van der Waals surface area contributed by atoms with Crippen LogP contribution in [0.15, 0.2) is 273 Å². The van der Waals surface area contributed by atoms with Crippen LogP contribution in [0.2, 0.25) is 44.5 Å². The Bertz CT molecular complexity index is 4270. The number of rotatable bonds is 16. The molecule has 9 aromatic rings. The van der Waals surface area contributed by atoms with Crippen molar-refractivity contribution in [2.24, 2.45) is 0 Å². The summed E-state index contributed by atoms with van der Waals surface area (Å²) < 4.78 is 0.766. The van der Waals surface area contributed by atoms with Crippen molar-refractivity contribution < 1.29 is 6.51 Å². The Hall–Kier alpha value is -4.99. The van der Waals surface area contributed by atoms with E-state index in [-0.39, 0.29) is 41.1 Å². The second kappa shape index (κ2) is 12.6. The van der Waals surface area contributed by atoms with Crippen LogP contribution in [0.25, 0.3) is 0 Å². The summed E-state index contributed by atoms with van der Waals surface area (Å²) in [6.45, 7) is 26.3. The van der Waals surface area contributed by atoms with Gasteiger partial charge in [-0.3, -0.25) is 0 Å². The van der Waals surface area contributed by atoms with Crippen molar-refractivity contribution in [1.29, 1.82) is 0 Å². The number of hydrogen-bond donors (Lipinski definition) is 0. The average molecular weight is 1280 g/mol. The molecule has 448 valence electrons. The molecule has 8 atom stereocenters. The monoisotopic (exact) mass is 1280 g/mol. The molecule has 10 aliphatic rings. The first-order valence-electron chi connectivity index (χ1n) is 33.2. The summed E-state index contributed by atoms with van der Waals surface area (Å²) >= 11 is 0. The van der Waals surface area contributed by atoms with Crippen LogP contribution in [0.3, 0.4) is 0 Å². The molecule has 0 radical (unpaired) electrons. The van der Waals surface area contributed by atoms with Crippen molar-refractivity contribution in [2.75, 3.05) is 12.3 Å². The maximum atomic E-state index is 2.76. The van der Waals surface area contributed by atoms with Crippen LogP contribution in [0, 0.1) is 0 Å². The summed E-state index contributed by atoms with van der Waals surface area (Å²) in [6, 6.07) is 116. The summed E-state index contributed by atoms with van der Waals surface area (Å²) in [5, 5.41) is 15.9. The fourth-order valence-electron chi connectivity index (χ4n) is 35.6. The van der Waals surface area contributed by atoms with Crippen molar-refractivity contribution in [3.63, 3.8) is 0 Å². The minimum atomic E-state index is -6.55. The van der Waals surface area contributed by atoms with Crippen LogP contribution in [-0.4, -0.2) is 57.2 Å². The molecule has 88 heavy (non-hydrogen) atoms. The molecule has 6 heteroatoms. The van der Waals surface area contributed by atoms with Crippen LogP contribution in [0.1, 0.15) is 83.1 Å². The van der Waals surface area contributed by atoms with E-state index in [2.05, 4.69) is 356 Å². The fraction of sp³-hybridized carbons (Fsp3) is 0.341. The summed E-state index contributed by atoms with van der Waals surface area (Å²) in [5.74, 6) is 0. The number of hydrogen-bond acceptors (Lipinski definition) is 0. The molecule has 10 saturated heterocycles. The van der Waals surface area contributed by atoms with E-state index in [1.807, 2.05) is 0 Å². The Labute approximate surface area is 522 Å². The maximum absolute atomic E-state index is 6.55. The van der Waals surface area contributed by atoms with Gasteiger partial charge in [0.05, 0.1) is 0 Å². The van der Waals surface area contributed by atoms with Gasteiger partial charge < -0.3 is 0 Å². The SMILES string of the molecule is CC(C)(C)P(C[C]12[C]3(CP(C(C)(C)C)C(C)(C)C)[C]4([Si](c5ccccc5)(c5ccccc5)c5ccccc5)[CH]5[C]1([Si](c1ccccc1)(c1ccccc1)c1ccccc1)[Fe]52341678[CH]2[CH]1[CH]6[C]7([Si](c1ccccc1)(c1ccccc1)c1ccccc1)[CH]28)C(C)(C)C. The molecule has 19 rings (SSSR count). The van der Waals surface area contributed by atoms with Crippen molar-refractivity contribution >= 4 is 86.7 Å². The number of fused-ring (bicyclic) bond motifs is 10. The zero-order valence-electron chi connectivity index (χ0n) is 54.0. The van der Waals surface area contributed by atoms with Crippen molar-refractivity contribution in [1.82, 2.24) is 0 Å². The molecule has 0 N–H and O–H groups in total. The van der Waals surface area contributed by atoms with Gasteiger partial charge in [0.25, 0.3) is 0 Å². The summed E-state index contributed by atoms with van der Waals surface area (Å²) in [4.78, 5) is 3.79. The third-order valence-electron chi connectivity index (χ3n) is 32.5. The molecule has 10 fully saturated rings. The molecule has 8 unspecified atom stereocenters. The standard InChI is InChI=1S/C59H71P2Si2.C23H19Si.Fe/c1-56(2,3)60(57(4,5)6)44-52-53(45-61(58(7,8)9)59(10,11)12)55(63(49-37-25-16-26-38-49,50-39-27-17-28-40-50)51-41-29-18-30-42-51)43-54(52)62(46-31-19-13-20-32-46,47-33-21-14-22-34-47)48-35-23-15-24-36-48;1-4-12-20(13-5-1)24(23-18-10-11-19-23,21-14-6-2-7-15-21)22-16-8-3-9-17-22;/h13-43H,44-45H2,1-12H3;1-19H;. The van der Waals surface area contributed by atoms with E-state index in [1.165, 1.54) is 12.3 Å². The van der Waals surface area contributed by atoms with E-state index in [0.29, 0.717) is 4.82 Å². The molecule has 0 amide bonds. The summed E-state index contributed by atoms with van der Waals surface area (Å²) in [7, 11) is -11.1. The van der Waals surface area contributed by atoms with E-state index in [0.717, 1.165) is 19.3 Å². The van der Waals surface area contributed by atoms with Crippen molar-refractivity contribution in [3.05, 3.63) is 273 Å². The normalized spacial score (nSPS) is 37.2. The first-order chi connectivity index (χ1) is 42.0. The van der Waals surface area contributed by atoms with E-state index in [4.69, 9.17) is 0 Å². The molecule has 0 saturated carbocycles. The van der Waals surface area contributed by atoms with Gasteiger partial charge in [-0.2, -0.15) is 0 Å². The quantitative estimate of drug-likeness (QED) is 0.0514. The second-order valence-electron chi connectivity index (χ2n) is 34.7. The number of benzene rings is 9. The molecule has 0 bridgehead atoms. The summed E-state index contributed by atoms with van der Waals surface area (Å²) in [6.07, 6.45) is 2.85. The Morgan fingerprint density at radius 2 is 0.466 bits per heavy atom. The molecule has 10 aliphatic heterocycles. The average Bonchev–Trinajstić information content (AvgIpc) is 1.02. The molecular formula is C82H90FeP2Si3. The van der Waals surface area contributed by atoms with E-state index in [1.54, 1.807) is 46.7 Å². The molecule has 0 aromatic heterocycles.